The first-order valence-electron chi connectivity index (χ1n) is 8.21. The lowest BCUT2D eigenvalue weighted by Gasteiger charge is -2.13. The second-order valence-corrected chi connectivity index (χ2v) is 5.79. The van der Waals surface area contributed by atoms with Crippen LogP contribution >= 0.6 is 0 Å². The van der Waals surface area contributed by atoms with Gasteiger partial charge in [-0.25, -0.2) is 0 Å². The minimum Gasteiger partial charge on any atom is -0.493 e. The predicted octanol–water partition coefficient (Wildman–Crippen LogP) is 3.32. The SMILES string of the molecule is COc1ccc(C=CC(=O)NC(C)c2ccc3c(c2)OCO3)cc1OC. The Morgan fingerprint density at radius 1 is 1.08 bits per heavy atom. The van der Waals surface area contributed by atoms with Crippen molar-refractivity contribution in [2.45, 2.75) is 13.0 Å². The van der Waals surface area contributed by atoms with E-state index in [0.29, 0.717) is 17.2 Å². The predicted molar refractivity (Wildman–Crippen MR) is 97.7 cm³/mol. The molecular formula is C20H21NO5. The number of rotatable bonds is 6. The van der Waals surface area contributed by atoms with Crippen LogP contribution in [0.25, 0.3) is 6.08 Å². The molecule has 1 unspecified atom stereocenters. The highest BCUT2D eigenvalue weighted by atomic mass is 16.7. The van der Waals surface area contributed by atoms with Gasteiger partial charge in [0.15, 0.2) is 23.0 Å². The number of methoxy groups -OCH3 is 2. The summed E-state index contributed by atoms with van der Waals surface area (Å²) < 4.78 is 21.1. The summed E-state index contributed by atoms with van der Waals surface area (Å²) in [6.07, 6.45) is 3.22. The third-order valence-corrected chi connectivity index (χ3v) is 4.09. The lowest BCUT2D eigenvalue weighted by molar-refractivity contribution is -0.117. The number of amides is 1. The number of carbonyl (C=O) groups excluding carboxylic acids is 1. The van der Waals surface area contributed by atoms with Gasteiger partial charge in [0.25, 0.3) is 0 Å². The summed E-state index contributed by atoms with van der Waals surface area (Å²) >= 11 is 0. The fraction of sp³-hybridized carbons (Fsp3) is 0.250. The van der Waals surface area contributed by atoms with Crippen LogP contribution < -0.4 is 24.3 Å². The van der Waals surface area contributed by atoms with Gasteiger partial charge in [0, 0.05) is 6.08 Å². The summed E-state index contributed by atoms with van der Waals surface area (Å²) in [5, 5.41) is 2.93. The van der Waals surface area contributed by atoms with Crippen molar-refractivity contribution in [1.29, 1.82) is 0 Å². The Kier molecular flexibility index (Phi) is 5.31. The maximum atomic E-state index is 12.2. The minimum absolute atomic E-state index is 0.160. The molecule has 0 bridgehead atoms. The number of benzene rings is 2. The average Bonchev–Trinajstić information content (AvgIpc) is 3.13. The molecule has 0 saturated carbocycles. The van der Waals surface area contributed by atoms with Crippen molar-refractivity contribution in [3.8, 4) is 23.0 Å². The van der Waals surface area contributed by atoms with Gasteiger partial charge in [-0.3, -0.25) is 4.79 Å². The Labute approximate surface area is 152 Å². The number of ether oxygens (including phenoxy) is 4. The molecule has 0 spiro atoms. The molecule has 1 N–H and O–H groups in total. The molecule has 0 radical (unpaired) electrons. The van der Waals surface area contributed by atoms with Gasteiger partial charge in [-0.05, 0) is 48.4 Å². The van der Waals surface area contributed by atoms with Crippen molar-refractivity contribution in [2.24, 2.45) is 0 Å². The highest BCUT2D eigenvalue weighted by molar-refractivity contribution is 5.92. The summed E-state index contributed by atoms with van der Waals surface area (Å²) in [6.45, 7) is 2.15. The molecule has 6 nitrogen and oxygen atoms in total. The van der Waals surface area contributed by atoms with E-state index in [1.807, 2.05) is 37.3 Å². The summed E-state index contributed by atoms with van der Waals surface area (Å²) in [7, 11) is 3.16. The Balaban J connectivity index is 1.64. The summed E-state index contributed by atoms with van der Waals surface area (Å²) in [5.41, 5.74) is 1.79. The number of fused-ring (bicyclic) bond motifs is 1. The fourth-order valence-electron chi connectivity index (χ4n) is 2.66. The highest BCUT2D eigenvalue weighted by Crippen LogP contribution is 2.34. The molecule has 0 fully saturated rings. The van der Waals surface area contributed by atoms with Crippen LogP contribution in [-0.4, -0.2) is 26.9 Å². The van der Waals surface area contributed by atoms with Gasteiger partial charge in [-0.15, -0.1) is 0 Å². The lowest BCUT2D eigenvalue weighted by atomic mass is 10.1. The van der Waals surface area contributed by atoms with E-state index in [1.165, 1.54) is 6.08 Å². The maximum Gasteiger partial charge on any atom is 0.244 e. The summed E-state index contributed by atoms with van der Waals surface area (Å²) in [5.74, 6) is 2.49. The zero-order valence-electron chi connectivity index (χ0n) is 14.9. The normalized spacial score (nSPS) is 13.5. The lowest BCUT2D eigenvalue weighted by Crippen LogP contribution is -2.24. The van der Waals surface area contributed by atoms with Crippen LogP contribution in [0.5, 0.6) is 23.0 Å². The molecule has 1 aliphatic rings. The van der Waals surface area contributed by atoms with Gasteiger partial charge in [0.05, 0.1) is 20.3 Å². The fourth-order valence-corrected chi connectivity index (χ4v) is 2.66. The van der Waals surface area contributed by atoms with Crippen LogP contribution in [0, 0.1) is 0 Å². The molecular weight excluding hydrogens is 334 g/mol. The largest absolute Gasteiger partial charge is 0.493 e. The molecule has 0 saturated heterocycles. The van der Waals surface area contributed by atoms with E-state index in [0.717, 1.165) is 16.9 Å². The Bertz CT molecular complexity index is 831. The van der Waals surface area contributed by atoms with E-state index in [4.69, 9.17) is 18.9 Å². The second-order valence-electron chi connectivity index (χ2n) is 5.79. The molecule has 1 amide bonds. The van der Waals surface area contributed by atoms with E-state index in [1.54, 1.807) is 26.4 Å². The monoisotopic (exact) mass is 355 g/mol. The molecule has 136 valence electrons. The van der Waals surface area contributed by atoms with Crippen molar-refractivity contribution >= 4 is 12.0 Å². The van der Waals surface area contributed by atoms with E-state index < -0.39 is 0 Å². The van der Waals surface area contributed by atoms with Gasteiger partial charge in [-0.1, -0.05) is 12.1 Å². The Morgan fingerprint density at radius 2 is 1.85 bits per heavy atom. The molecule has 2 aromatic carbocycles. The zero-order valence-corrected chi connectivity index (χ0v) is 14.9. The van der Waals surface area contributed by atoms with Crippen molar-refractivity contribution in [2.75, 3.05) is 21.0 Å². The third kappa shape index (κ3) is 3.91. The van der Waals surface area contributed by atoms with E-state index >= 15 is 0 Å². The smallest absolute Gasteiger partial charge is 0.244 e. The standard InChI is InChI=1S/C20H21NO5/c1-13(15-6-8-17-19(11-15)26-12-25-17)21-20(22)9-5-14-4-7-16(23-2)18(10-14)24-3/h4-11,13H,12H2,1-3H3,(H,21,22). The first-order chi connectivity index (χ1) is 12.6. The molecule has 1 heterocycles. The molecule has 0 aromatic heterocycles. The summed E-state index contributed by atoms with van der Waals surface area (Å²) in [4.78, 5) is 12.2. The minimum atomic E-state index is -0.190. The molecule has 3 rings (SSSR count). The second kappa shape index (κ2) is 7.82. The Hall–Kier alpha value is -3.15. The Morgan fingerprint density at radius 3 is 2.62 bits per heavy atom. The molecule has 1 aliphatic heterocycles. The van der Waals surface area contributed by atoms with Gasteiger partial charge in [0.1, 0.15) is 0 Å². The molecule has 1 atom stereocenters. The van der Waals surface area contributed by atoms with Crippen LogP contribution in [-0.2, 0) is 4.79 Å². The zero-order chi connectivity index (χ0) is 18.5. The molecule has 2 aromatic rings. The van der Waals surface area contributed by atoms with E-state index in [2.05, 4.69) is 5.32 Å². The quantitative estimate of drug-likeness (QED) is 0.805. The topological polar surface area (TPSA) is 66.0 Å². The van der Waals surface area contributed by atoms with Crippen LogP contribution in [0.3, 0.4) is 0 Å². The van der Waals surface area contributed by atoms with Crippen molar-refractivity contribution < 1.29 is 23.7 Å². The first-order valence-corrected chi connectivity index (χ1v) is 8.21. The van der Waals surface area contributed by atoms with Crippen LogP contribution in [0.15, 0.2) is 42.5 Å². The van der Waals surface area contributed by atoms with Gasteiger partial charge < -0.3 is 24.3 Å². The van der Waals surface area contributed by atoms with Crippen molar-refractivity contribution in [1.82, 2.24) is 5.32 Å². The summed E-state index contributed by atoms with van der Waals surface area (Å²) in [6, 6.07) is 10.9. The van der Waals surface area contributed by atoms with Crippen LogP contribution in [0.4, 0.5) is 0 Å². The molecule has 26 heavy (non-hydrogen) atoms. The van der Waals surface area contributed by atoms with Gasteiger partial charge in [-0.2, -0.15) is 0 Å². The van der Waals surface area contributed by atoms with Crippen LogP contribution in [0.1, 0.15) is 24.1 Å². The van der Waals surface area contributed by atoms with Gasteiger partial charge >= 0.3 is 0 Å². The number of carbonyl (C=O) groups is 1. The number of hydrogen-bond donors (Lipinski definition) is 1. The average molecular weight is 355 g/mol. The molecule has 6 heteroatoms. The van der Waals surface area contributed by atoms with E-state index in [9.17, 15) is 4.79 Å². The van der Waals surface area contributed by atoms with E-state index in [-0.39, 0.29) is 18.7 Å². The first kappa shape index (κ1) is 17.7. The number of hydrogen-bond acceptors (Lipinski definition) is 5. The van der Waals surface area contributed by atoms with Gasteiger partial charge in [0.2, 0.25) is 12.7 Å². The number of nitrogens with one attached hydrogen (secondary N) is 1. The van der Waals surface area contributed by atoms with Crippen LogP contribution in [0.2, 0.25) is 0 Å². The highest BCUT2D eigenvalue weighted by Gasteiger charge is 2.16. The van der Waals surface area contributed by atoms with Crippen molar-refractivity contribution in [3.05, 3.63) is 53.6 Å². The van der Waals surface area contributed by atoms with Crippen molar-refractivity contribution in [3.63, 3.8) is 0 Å². The molecule has 0 aliphatic carbocycles. The third-order valence-electron chi connectivity index (χ3n) is 4.09. The maximum absolute atomic E-state index is 12.2.